The average molecular weight is 139 g/mol. The van der Waals surface area contributed by atoms with E-state index >= 15 is 0 Å². The molecule has 0 aliphatic rings. The van der Waals surface area contributed by atoms with Gasteiger partial charge in [0.25, 0.3) is 5.82 Å². The maximum absolute atomic E-state index is 3.20. The molecular formula is C8H15N2+. The smallest absolute Gasteiger partial charge is 0.248 e. The molecule has 0 aliphatic carbocycles. The average Bonchev–Trinajstić information content (AvgIpc) is 2.15. The summed E-state index contributed by atoms with van der Waals surface area (Å²) >= 11 is 0. The van der Waals surface area contributed by atoms with Crippen LogP contribution in [0.5, 0.6) is 0 Å². The molecule has 2 heteroatoms. The van der Waals surface area contributed by atoms with Crippen LogP contribution in [0.15, 0.2) is 12.4 Å². The van der Waals surface area contributed by atoms with Crippen molar-refractivity contribution < 1.29 is 4.57 Å². The van der Waals surface area contributed by atoms with E-state index in [0.29, 0.717) is 0 Å². The summed E-state index contributed by atoms with van der Waals surface area (Å²) in [6.07, 6.45) is 5.14. The summed E-state index contributed by atoms with van der Waals surface area (Å²) in [5.74, 6) is 2.03. The van der Waals surface area contributed by atoms with Gasteiger partial charge in [-0.1, -0.05) is 13.8 Å². The Labute approximate surface area is 61.9 Å². The number of aromatic nitrogens is 2. The molecule has 1 N–H and O–H groups in total. The molecule has 56 valence electrons. The molecule has 0 saturated heterocycles. The molecular weight excluding hydrogens is 124 g/mol. The first kappa shape index (κ1) is 7.32. The number of hydrogen-bond acceptors (Lipinski definition) is 0. The van der Waals surface area contributed by atoms with Crippen molar-refractivity contribution >= 4 is 0 Å². The maximum Gasteiger partial charge on any atom is 0.254 e. The number of imidazole rings is 1. The van der Waals surface area contributed by atoms with Gasteiger partial charge < -0.3 is 0 Å². The molecule has 1 rings (SSSR count). The van der Waals surface area contributed by atoms with Crippen LogP contribution < -0.4 is 4.57 Å². The van der Waals surface area contributed by atoms with E-state index in [9.17, 15) is 0 Å². The van der Waals surface area contributed by atoms with Crippen LogP contribution in [-0.2, 0) is 13.5 Å². The van der Waals surface area contributed by atoms with Gasteiger partial charge >= 0.3 is 0 Å². The third-order valence-electron chi connectivity index (χ3n) is 1.58. The van der Waals surface area contributed by atoms with Gasteiger partial charge in [-0.25, -0.2) is 9.55 Å². The van der Waals surface area contributed by atoms with Gasteiger partial charge in [-0.2, -0.15) is 0 Å². The summed E-state index contributed by atoms with van der Waals surface area (Å²) in [5.41, 5.74) is 0. The van der Waals surface area contributed by atoms with E-state index in [-0.39, 0.29) is 0 Å². The molecule has 1 aromatic rings. The van der Waals surface area contributed by atoms with Crippen molar-refractivity contribution in [1.29, 1.82) is 0 Å². The van der Waals surface area contributed by atoms with Crippen LogP contribution in [0, 0.1) is 5.92 Å². The zero-order valence-electron chi connectivity index (χ0n) is 6.89. The van der Waals surface area contributed by atoms with Crippen LogP contribution in [0.3, 0.4) is 0 Å². The fourth-order valence-electron chi connectivity index (χ4n) is 1.03. The van der Waals surface area contributed by atoms with Crippen LogP contribution in [0.1, 0.15) is 19.7 Å². The van der Waals surface area contributed by atoms with Crippen LogP contribution in [0.2, 0.25) is 0 Å². The van der Waals surface area contributed by atoms with Gasteiger partial charge in [-0.15, -0.1) is 0 Å². The molecule has 0 saturated carbocycles. The number of aryl methyl sites for hydroxylation is 1. The summed E-state index contributed by atoms with van der Waals surface area (Å²) in [4.78, 5) is 3.20. The number of rotatable bonds is 2. The second kappa shape index (κ2) is 2.86. The molecule has 0 bridgehead atoms. The fraction of sp³-hybridized carbons (Fsp3) is 0.625. The number of H-pyrrole nitrogens is 1. The lowest BCUT2D eigenvalue weighted by atomic mass is 10.1. The predicted octanol–water partition coefficient (Wildman–Crippen LogP) is 1.04. The normalized spacial score (nSPS) is 10.8. The highest BCUT2D eigenvalue weighted by atomic mass is 15.0. The molecule has 1 heterocycles. The standard InChI is InChI=1S/C8H14N2/c1-7(2)6-8-9-4-5-10(8)3/h4-5,7H,6H2,1-3H3/p+1. The number of nitrogens with zero attached hydrogens (tertiary/aromatic N) is 1. The van der Waals surface area contributed by atoms with E-state index in [1.165, 1.54) is 5.82 Å². The first-order chi connectivity index (χ1) is 4.70. The minimum absolute atomic E-state index is 0.727. The molecule has 0 aliphatic heterocycles. The quantitative estimate of drug-likeness (QED) is 0.591. The Morgan fingerprint density at radius 3 is 2.70 bits per heavy atom. The van der Waals surface area contributed by atoms with Crippen molar-refractivity contribution in [3.05, 3.63) is 18.2 Å². The summed E-state index contributed by atoms with van der Waals surface area (Å²) in [5, 5.41) is 0. The van der Waals surface area contributed by atoms with Crippen LogP contribution in [0.25, 0.3) is 0 Å². The number of hydrogen-bond donors (Lipinski definition) is 1. The predicted molar refractivity (Wildman–Crippen MR) is 40.5 cm³/mol. The minimum Gasteiger partial charge on any atom is -0.248 e. The van der Waals surface area contributed by atoms with E-state index in [2.05, 4.69) is 30.4 Å². The molecule has 0 spiro atoms. The van der Waals surface area contributed by atoms with E-state index in [4.69, 9.17) is 0 Å². The maximum atomic E-state index is 3.20. The van der Waals surface area contributed by atoms with Crippen LogP contribution in [-0.4, -0.2) is 4.98 Å². The van der Waals surface area contributed by atoms with Gasteiger partial charge in [0.05, 0.1) is 13.5 Å². The highest BCUT2D eigenvalue weighted by molar-refractivity contribution is 4.77. The Balaban J connectivity index is 2.65. The largest absolute Gasteiger partial charge is 0.254 e. The molecule has 10 heavy (non-hydrogen) atoms. The van der Waals surface area contributed by atoms with E-state index in [1.54, 1.807) is 0 Å². The Morgan fingerprint density at radius 1 is 1.60 bits per heavy atom. The second-order valence-electron chi connectivity index (χ2n) is 3.12. The third kappa shape index (κ3) is 1.59. The molecule has 1 aromatic heterocycles. The zero-order chi connectivity index (χ0) is 7.56. The molecule has 0 unspecified atom stereocenters. The minimum atomic E-state index is 0.727. The lowest BCUT2D eigenvalue weighted by Crippen LogP contribution is -2.31. The zero-order valence-corrected chi connectivity index (χ0v) is 6.89. The lowest BCUT2D eigenvalue weighted by Gasteiger charge is -1.97. The molecule has 0 radical (unpaired) electrons. The van der Waals surface area contributed by atoms with Gasteiger partial charge in [-0.05, 0) is 5.92 Å². The Morgan fingerprint density at radius 2 is 2.30 bits per heavy atom. The number of aromatic amines is 1. The van der Waals surface area contributed by atoms with Gasteiger partial charge in [0.1, 0.15) is 12.4 Å². The van der Waals surface area contributed by atoms with Crippen molar-refractivity contribution in [2.75, 3.05) is 0 Å². The summed E-state index contributed by atoms with van der Waals surface area (Å²) < 4.78 is 2.12. The summed E-state index contributed by atoms with van der Waals surface area (Å²) in [6.45, 7) is 4.45. The summed E-state index contributed by atoms with van der Waals surface area (Å²) in [6, 6.07) is 0. The SMILES string of the molecule is CC(C)Cc1[nH]cc[n+]1C. The molecule has 0 amide bonds. The monoisotopic (exact) mass is 139 g/mol. The van der Waals surface area contributed by atoms with Crippen molar-refractivity contribution in [2.45, 2.75) is 20.3 Å². The van der Waals surface area contributed by atoms with Gasteiger partial charge in [0.15, 0.2) is 0 Å². The van der Waals surface area contributed by atoms with Crippen molar-refractivity contribution in [2.24, 2.45) is 13.0 Å². The highest BCUT2D eigenvalue weighted by Crippen LogP contribution is 1.99. The lowest BCUT2D eigenvalue weighted by molar-refractivity contribution is -0.678. The first-order valence-corrected chi connectivity index (χ1v) is 3.72. The van der Waals surface area contributed by atoms with E-state index in [0.717, 1.165) is 12.3 Å². The third-order valence-corrected chi connectivity index (χ3v) is 1.58. The van der Waals surface area contributed by atoms with Crippen LogP contribution in [0.4, 0.5) is 0 Å². The highest BCUT2D eigenvalue weighted by Gasteiger charge is 2.07. The van der Waals surface area contributed by atoms with E-state index < -0.39 is 0 Å². The van der Waals surface area contributed by atoms with Gasteiger partial charge in [0.2, 0.25) is 0 Å². The molecule has 0 atom stereocenters. The molecule has 2 nitrogen and oxygen atoms in total. The van der Waals surface area contributed by atoms with Gasteiger partial charge in [0, 0.05) is 0 Å². The van der Waals surface area contributed by atoms with Crippen molar-refractivity contribution in [3.8, 4) is 0 Å². The van der Waals surface area contributed by atoms with Crippen LogP contribution >= 0.6 is 0 Å². The topological polar surface area (TPSA) is 19.7 Å². The Hall–Kier alpha value is -0.790. The Kier molecular flexibility index (Phi) is 2.10. The second-order valence-corrected chi connectivity index (χ2v) is 3.12. The van der Waals surface area contributed by atoms with Crippen molar-refractivity contribution in [1.82, 2.24) is 4.98 Å². The fourth-order valence-corrected chi connectivity index (χ4v) is 1.03. The number of nitrogens with one attached hydrogen (secondary N) is 1. The Bertz CT molecular complexity index is 201. The molecule has 0 aromatic carbocycles. The first-order valence-electron chi connectivity index (χ1n) is 3.72. The van der Waals surface area contributed by atoms with Crippen molar-refractivity contribution in [3.63, 3.8) is 0 Å². The van der Waals surface area contributed by atoms with E-state index in [1.807, 2.05) is 12.4 Å². The molecule has 0 fully saturated rings. The van der Waals surface area contributed by atoms with Gasteiger partial charge in [-0.3, -0.25) is 0 Å². The summed E-state index contributed by atoms with van der Waals surface area (Å²) in [7, 11) is 2.06.